The smallest absolute Gasteiger partial charge is 0.292 e. The average Bonchev–Trinajstić information content (AvgIpc) is 2.88. The Kier molecular flexibility index (Phi) is 5.09. The Morgan fingerprint density at radius 1 is 1.19 bits per heavy atom. The molecule has 3 N–H and O–H groups in total. The fourth-order valence-corrected chi connectivity index (χ4v) is 2.94. The highest BCUT2D eigenvalue weighted by Crippen LogP contribution is 2.23. The number of halogens is 1. The number of benzene rings is 2. The summed E-state index contributed by atoms with van der Waals surface area (Å²) >= 11 is 0. The van der Waals surface area contributed by atoms with E-state index in [2.05, 4.69) is 5.32 Å². The van der Waals surface area contributed by atoms with E-state index in [4.69, 9.17) is 0 Å². The van der Waals surface area contributed by atoms with E-state index in [1.807, 2.05) is 0 Å². The van der Waals surface area contributed by atoms with Gasteiger partial charge < -0.3 is 10.6 Å². The summed E-state index contributed by atoms with van der Waals surface area (Å²) in [7, 11) is 0. The number of hydrogen-bond donors (Lipinski definition) is 2. The van der Waals surface area contributed by atoms with Crippen molar-refractivity contribution in [2.45, 2.75) is 25.9 Å². The van der Waals surface area contributed by atoms with Crippen LogP contribution in [0.1, 0.15) is 18.9 Å². The molecular formula is C19H19FN3O3+. The molecule has 1 atom stereocenters. The maximum atomic E-state index is 13.7. The Hall–Kier alpha value is -3.06. The normalized spacial score (nSPS) is 16.8. The summed E-state index contributed by atoms with van der Waals surface area (Å²) in [6.45, 7) is 1.68. The molecular weight excluding hydrogens is 337 g/mol. The van der Waals surface area contributed by atoms with Gasteiger partial charge in [0.15, 0.2) is 6.04 Å². The van der Waals surface area contributed by atoms with Crippen molar-refractivity contribution in [1.29, 1.82) is 0 Å². The van der Waals surface area contributed by atoms with E-state index < -0.39 is 6.04 Å². The first-order valence-corrected chi connectivity index (χ1v) is 8.27. The van der Waals surface area contributed by atoms with E-state index in [-0.39, 0.29) is 36.5 Å². The first-order chi connectivity index (χ1) is 12.5. The van der Waals surface area contributed by atoms with Crippen molar-refractivity contribution in [3.05, 3.63) is 59.9 Å². The third kappa shape index (κ3) is 3.78. The monoisotopic (exact) mass is 356 g/mol. The molecule has 1 fully saturated rings. The summed E-state index contributed by atoms with van der Waals surface area (Å²) in [4.78, 5) is 37.1. The predicted octanol–water partition coefficient (Wildman–Crippen LogP) is 1.18. The average molecular weight is 356 g/mol. The number of nitrogens with two attached hydrogens (primary N) is 1. The Labute approximate surface area is 150 Å². The summed E-state index contributed by atoms with van der Waals surface area (Å²) < 4.78 is 13.7. The van der Waals surface area contributed by atoms with Crippen molar-refractivity contribution in [2.24, 2.45) is 0 Å². The first kappa shape index (κ1) is 17.8. The summed E-state index contributed by atoms with van der Waals surface area (Å²) in [6.07, 6.45) is 0.0702. The first-order valence-electron chi connectivity index (χ1n) is 8.27. The van der Waals surface area contributed by atoms with Crippen LogP contribution in [0.4, 0.5) is 15.8 Å². The molecule has 1 aliphatic rings. The van der Waals surface area contributed by atoms with Crippen LogP contribution in [-0.2, 0) is 20.9 Å². The van der Waals surface area contributed by atoms with Crippen molar-refractivity contribution in [3.8, 4) is 0 Å². The predicted molar refractivity (Wildman–Crippen MR) is 93.7 cm³/mol. The lowest BCUT2D eigenvalue weighted by atomic mass is 10.2. The molecule has 0 saturated carbocycles. The third-order valence-corrected chi connectivity index (χ3v) is 4.21. The number of carbonyl (C=O) groups excluding carboxylic acids is 3. The Bertz CT molecular complexity index is 851. The van der Waals surface area contributed by atoms with Gasteiger partial charge in [0.25, 0.3) is 5.91 Å². The lowest BCUT2D eigenvalue weighted by molar-refractivity contribution is -0.690. The van der Waals surface area contributed by atoms with Crippen LogP contribution in [0.15, 0.2) is 48.5 Å². The highest BCUT2D eigenvalue weighted by molar-refractivity contribution is 6.21. The quantitative estimate of drug-likeness (QED) is 0.789. The van der Waals surface area contributed by atoms with Crippen LogP contribution in [0.3, 0.4) is 0 Å². The largest absolute Gasteiger partial charge is 0.332 e. The minimum atomic E-state index is -0.572. The number of amides is 3. The van der Waals surface area contributed by atoms with Crippen LogP contribution in [0.2, 0.25) is 0 Å². The molecule has 1 saturated heterocycles. The summed E-state index contributed by atoms with van der Waals surface area (Å²) in [5, 5.41) is 4.31. The summed E-state index contributed by atoms with van der Waals surface area (Å²) in [5.74, 6) is -1.14. The van der Waals surface area contributed by atoms with E-state index >= 15 is 0 Å². The van der Waals surface area contributed by atoms with Gasteiger partial charge in [0.2, 0.25) is 11.8 Å². The number of anilines is 2. The molecule has 26 heavy (non-hydrogen) atoms. The molecule has 0 radical (unpaired) electrons. The van der Waals surface area contributed by atoms with E-state index in [1.165, 1.54) is 13.0 Å². The Morgan fingerprint density at radius 2 is 1.88 bits per heavy atom. The zero-order chi connectivity index (χ0) is 18.7. The van der Waals surface area contributed by atoms with E-state index in [1.54, 1.807) is 47.8 Å². The number of quaternary nitrogens is 1. The van der Waals surface area contributed by atoms with E-state index in [9.17, 15) is 18.8 Å². The van der Waals surface area contributed by atoms with E-state index in [0.717, 1.165) is 4.90 Å². The topological polar surface area (TPSA) is 83.1 Å². The summed E-state index contributed by atoms with van der Waals surface area (Å²) in [6, 6.07) is 12.3. The van der Waals surface area contributed by atoms with Gasteiger partial charge in [-0.05, 0) is 30.3 Å². The van der Waals surface area contributed by atoms with Gasteiger partial charge in [-0.25, -0.2) is 9.29 Å². The third-order valence-electron chi connectivity index (χ3n) is 4.21. The van der Waals surface area contributed by atoms with Crippen LogP contribution in [0.25, 0.3) is 0 Å². The molecule has 0 spiro atoms. The van der Waals surface area contributed by atoms with Gasteiger partial charge in [-0.3, -0.25) is 14.4 Å². The molecule has 2 aromatic rings. The van der Waals surface area contributed by atoms with Crippen LogP contribution in [-0.4, -0.2) is 23.8 Å². The minimum Gasteiger partial charge on any atom is -0.332 e. The van der Waals surface area contributed by atoms with Gasteiger partial charge in [0.1, 0.15) is 12.4 Å². The van der Waals surface area contributed by atoms with Gasteiger partial charge in [0, 0.05) is 18.2 Å². The lowest BCUT2D eigenvalue weighted by Crippen LogP contribution is -2.90. The maximum absolute atomic E-state index is 13.7. The van der Waals surface area contributed by atoms with Gasteiger partial charge in [-0.1, -0.05) is 18.2 Å². The molecule has 3 rings (SSSR count). The number of hydrogen-bond acceptors (Lipinski definition) is 3. The number of nitrogens with zero attached hydrogens (tertiary/aromatic N) is 1. The number of nitrogens with one attached hydrogen (secondary N) is 1. The lowest BCUT2D eigenvalue weighted by Gasteiger charge is -2.15. The summed E-state index contributed by atoms with van der Waals surface area (Å²) in [5.41, 5.74) is 1.53. The zero-order valence-electron chi connectivity index (χ0n) is 14.2. The zero-order valence-corrected chi connectivity index (χ0v) is 14.2. The molecule has 2 aromatic carbocycles. The molecule has 3 amide bonds. The molecule has 1 heterocycles. The standard InChI is InChI=1S/C19H18FN3O3/c1-12(24)22-14-6-8-15(9-7-14)23-18(25)10-17(19(23)26)21-11-13-4-2-3-5-16(13)20/h2-9,17,21H,10-11H2,1H3,(H,22,24)/p+1/t17-/m0/s1. The van der Waals surface area contributed by atoms with Gasteiger partial charge in [0.05, 0.1) is 12.1 Å². The minimum absolute atomic E-state index is 0.0702. The molecule has 0 bridgehead atoms. The van der Waals surface area contributed by atoms with Crippen LogP contribution >= 0.6 is 0 Å². The fourth-order valence-electron chi connectivity index (χ4n) is 2.94. The van der Waals surface area contributed by atoms with Crippen molar-refractivity contribution < 1.29 is 24.1 Å². The number of carbonyl (C=O) groups is 3. The van der Waals surface area contributed by atoms with Crippen molar-refractivity contribution in [2.75, 3.05) is 10.2 Å². The van der Waals surface area contributed by atoms with Gasteiger partial charge in [-0.2, -0.15) is 0 Å². The second kappa shape index (κ2) is 7.45. The fraction of sp³-hybridized carbons (Fsp3) is 0.211. The second-order valence-electron chi connectivity index (χ2n) is 6.14. The molecule has 6 nitrogen and oxygen atoms in total. The van der Waals surface area contributed by atoms with Crippen LogP contribution in [0.5, 0.6) is 0 Å². The molecule has 7 heteroatoms. The van der Waals surface area contributed by atoms with Crippen molar-refractivity contribution >= 4 is 29.1 Å². The maximum Gasteiger partial charge on any atom is 0.292 e. The number of rotatable bonds is 5. The van der Waals surface area contributed by atoms with E-state index in [0.29, 0.717) is 16.9 Å². The molecule has 1 aliphatic heterocycles. The SMILES string of the molecule is CC(=O)Nc1ccc(N2C(=O)C[C@H]([NH2+]Cc3ccccc3F)C2=O)cc1. The highest BCUT2D eigenvalue weighted by Gasteiger charge is 2.42. The number of imide groups is 1. The second-order valence-corrected chi connectivity index (χ2v) is 6.14. The van der Waals surface area contributed by atoms with Gasteiger partial charge in [-0.15, -0.1) is 0 Å². The molecule has 0 aromatic heterocycles. The Balaban J connectivity index is 1.68. The molecule has 134 valence electrons. The van der Waals surface area contributed by atoms with Crippen molar-refractivity contribution in [3.63, 3.8) is 0 Å². The highest BCUT2D eigenvalue weighted by atomic mass is 19.1. The molecule has 0 unspecified atom stereocenters. The Morgan fingerprint density at radius 3 is 2.54 bits per heavy atom. The van der Waals surface area contributed by atoms with Crippen LogP contribution in [0, 0.1) is 5.82 Å². The van der Waals surface area contributed by atoms with Crippen molar-refractivity contribution in [1.82, 2.24) is 0 Å². The molecule has 0 aliphatic carbocycles. The van der Waals surface area contributed by atoms with Gasteiger partial charge >= 0.3 is 0 Å². The van der Waals surface area contributed by atoms with Crippen LogP contribution < -0.4 is 15.5 Å².